The van der Waals surface area contributed by atoms with E-state index in [4.69, 9.17) is 0 Å². The summed E-state index contributed by atoms with van der Waals surface area (Å²) in [5, 5.41) is 9.32. The number of hydrogen-bond donors (Lipinski definition) is 1. The van der Waals surface area contributed by atoms with E-state index in [9.17, 15) is 19.5 Å². The fourth-order valence-corrected chi connectivity index (χ4v) is 2.26. The van der Waals surface area contributed by atoms with Crippen molar-refractivity contribution in [2.75, 3.05) is 0 Å². The molecule has 5 heteroatoms. The first-order valence-corrected chi connectivity index (χ1v) is 6.10. The second-order valence-electron chi connectivity index (χ2n) is 4.80. The normalized spacial score (nSPS) is 17.9. The Hall–Kier alpha value is -2.17. The molecular formula is C14H15NO4. The van der Waals surface area contributed by atoms with Crippen molar-refractivity contribution < 1.29 is 19.5 Å². The number of hydrogen-bond acceptors (Lipinski definition) is 3. The SMILES string of the molecule is CCC(C)(C(=O)O)N1C(=O)Cc2ccccc2C1=O. The van der Waals surface area contributed by atoms with Crippen molar-refractivity contribution in [3.8, 4) is 0 Å². The number of fused-ring (bicyclic) bond motifs is 1. The van der Waals surface area contributed by atoms with Crippen LogP contribution in [-0.2, 0) is 16.0 Å². The maximum absolute atomic E-state index is 12.4. The molecule has 1 N–H and O–H groups in total. The molecule has 0 fully saturated rings. The lowest BCUT2D eigenvalue weighted by atomic mass is 9.90. The molecule has 1 aliphatic rings. The molecule has 1 aromatic rings. The Labute approximate surface area is 110 Å². The van der Waals surface area contributed by atoms with E-state index in [1.165, 1.54) is 6.92 Å². The lowest BCUT2D eigenvalue weighted by Gasteiger charge is -2.38. The molecule has 1 unspecified atom stereocenters. The smallest absolute Gasteiger partial charge is 0.329 e. The number of carbonyl (C=O) groups is 3. The summed E-state index contributed by atoms with van der Waals surface area (Å²) in [7, 11) is 0. The van der Waals surface area contributed by atoms with Crippen LogP contribution in [0, 0.1) is 0 Å². The Morgan fingerprint density at radius 1 is 1.37 bits per heavy atom. The van der Waals surface area contributed by atoms with Gasteiger partial charge in [-0.15, -0.1) is 0 Å². The largest absolute Gasteiger partial charge is 0.479 e. The van der Waals surface area contributed by atoms with Gasteiger partial charge in [0, 0.05) is 5.56 Å². The van der Waals surface area contributed by atoms with Gasteiger partial charge in [-0.2, -0.15) is 0 Å². The summed E-state index contributed by atoms with van der Waals surface area (Å²) in [6.07, 6.45) is 0.229. The van der Waals surface area contributed by atoms with E-state index in [-0.39, 0.29) is 12.8 Å². The first-order valence-electron chi connectivity index (χ1n) is 6.10. The molecular weight excluding hydrogens is 246 g/mol. The molecule has 0 aliphatic carbocycles. The third-order valence-corrected chi connectivity index (χ3v) is 3.68. The molecule has 0 bridgehead atoms. The monoisotopic (exact) mass is 261 g/mol. The number of carbonyl (C=O) groups excluding carboxylic acids is 2. The molecule has 1 aliphatic heterocycles. The van der Waals surface area contributed by atoms with Crippen molar-refractivity contribution >= 4 is 17.8 Å². The number of nitrogens with zero attached hydrogens (tertiary/aromatic N) is 1. The number of rotatable bonds is 3. The van der Waals surface area contributed by atoms with Crippen LogP contribution < -0.4 is 0 Å². The van der Waals surface area contributed by atoms with Gasteiger partial charge in [-0.1, -0.05) is 25.1 Å². The van der Waals surface area contributed by atoms with Gasteiger partial charge in [-0.25, -0.2) is 4.79 Å². The van der Waals surface area contributed by atoms with Gasteiger partial charge in [-0.3, -0.25) is 14.5 Å². The molecule has 2 amide bonds. The summed E-state index contributed by atoms with van der Waals surface area (Å²) in [6, 6.07) is 6.79. The van der Waals surface area contributed by atoms with Crippen molar-refractivity contribution in [2.24, 2.45) is 0 Å². The topological polar surface area (TPSA) is 74.7 Å². The van der Waals surface area contributed by atoms with Crippen LogP contribution in [0.25, 0.3) is 0 Å². The number of benzene rings is 1. The van der Waals surface area contributed by atoms with Gasteiger partial charge in [-0.05, 0) is 25.0 Å². The maximum atomic E-state index is 12.4. The number of aliphatic carboxylic acids is 1. The van der Waals surface area contributed by atoms with Gasteiger partial charge >= 0.3 is 5.97 Å². The van der Waals surface area contributed by atoms with Gasteiger partial charge in [0.15, 0.2) is 0 Å². The van der Waals surface area contributed by atoms with Crippen LogP contribution >= 0.6 is 0 Å². The van der Waals surface area contributed by atoms with E-state index in [1.807, 2.05) is 0 Å². The van der Waals surface area contributed by atoms with Crippen molar-refractivity contribution in [1.82, 2.24) is 4.90 Å². The molecule has 1 heterocycles. The summed E-state index contributed by atoms with van der Waals surface area (Å²) in [5.41, 5.74) is -0.442. The molecule has 0 saturated carbocycles. The Morgan fingerprint density at radius 2 is 2.00 bits per heavy atom. The summed E-state index contributed by atoms with van der Waals surface area (Å²) < 4.78 is 0. The molecule has 0 aromatic heterocycles. The van der Waals surface area contributed by atoms with E-state index >= 15 is 0 Å². The summed E-state index contributed by atoms with van der Waals surface area (Å²) >= 11 is 0. The lowest BCUT2D eigenvalue weighted by molar-refractivity contribution is -0.155. The molecule has 1 atom stereocenters. The number of amides is 2. The molecule has 5 nitrogen and oxygen atoms in total. The highest BCUT2D eigenvalue weighted by atomic mass is 16.4. The molecule has 0 spiro atoms. The molecule has 1 aromatic carbocycles. The Morgan fingerprint density at radius 3 is 2.58 bits per heavy atom. The third kappa shape index (κ3) is 1.91. The average molecular weight is 261 g/mol. The van der Waals surface area contributed by atoms with E-state index in [2.05, 4.69) is 0 Å². The minimum atomic E-state index is -1.50. The van der Waals surface area contributed by atoms with Crippen LogP contribution in [0.15, 0.2) is 24.3 Å². The van der Waals surface area contributed by atoms with Crippen molar-refractivity contribution in [3.63, 3.8) is 0 Å². The highest BCUT2D eigenvalue weighted by molar-refractivity contribution is 6.12. The van der Waals surface area contributed by atoms with E-state index in [0.29, 0.717) is 11.1 Å². The highest BCUT2D eigenvalue weighted by Gasteiger charge is 2.47. The predicted octanol–water partition coefficient (Wildman–Crippen LogP) is 1.46. The number of imide groups is 1. The van der Waals surface area contributed by atoms with Crippen molar-refractivity contribution in [2.45, 2.75) is 32.2 Å². The van der Waals surface area contributed by atoms with E-state index in [0.717, 1.165) is 4.90 Å². The average Bonchev–Trinajstić information content (AvgIpc) is 2.38. The molecule has 0 radical (unpaired) electrons. The fraction of sp³-hybridized carbons (Fsp3) is 0.357. The van der Waals surface area contributed by atoms with Gasteiger partial charge in [0.25, 0.3) is 5.91 Å². The lowest BCUT2D eigenvalue weighted by Crippen LogP contribution is -2.59. The fourth-order valence-electron chi connectivity index (χ4n) is 2.26. The second kappa shape index (κ2) is 4.50. The Balaban J connectivity index is 2.53. The Kier molecular flexibility index (Phi) is 3.14. The van der Waals surface area contributed by atoms with E-state index in [1.54, 1.807) is 31.2 Å². The number of carboxylic acid groups (broad SMARTS) is 1. The maximum Gasteiger partial charge on any atom is 0.329 e. The summed E-state index contributed by atoms with van der Waals surface area (Å²) in [4.78, 5) is 36.8. The quantitative estimate of drug-likeness (QED) is 0.836. The van der Waals surface area contributed by atoms with Crippen LogP contribution in [0.1, 0.15) is 36.2 Å². The zero-order valence-electron chi connectivity index (χ0n) is 10.8. The van der Waals surface area contributed by atoms with Crippen LogP contribution in [0.4, 0.5) is 0 Å². The van der Waals surface area contributed by atoms with Crippen molar-refractivity contribution in [1.29, 1.82) is 0 Å². The molecule has 100 valence electrons. The molecule has 0 saturated heterocycles. The second-order valence-corrected chi connectivity index (χ2v) is 4.80. The third-order valence-electron chi connectivity index (χ3n) is 3.68. The van der Waals surface area contributed by atoms with Crippen LogP contribution in [-0.4, -0.2) is 33.3 Å². The first-order chi connectivity index (χ1) is 8.91. The number of carboxylic acids is 1. The van der Waals surface area contributed by atoms with Gasteiger partial charge < -0.3 is 5.11 Å². The minimum Gasteiger partial charge on any atom is -0.479 e. The molecule has 2 rings (SSSR count). The summed E-state index contributed by atoms with van der Waals surface area (Å²) in [6.45, 7) is 3.05. The minimum absolute atomic E-state index is 0.0603. The van der Waals surface area contributed by atoms with Gasteiger partial charge in [0.2, 0.25) is 5.91 Å². The van der Waals surface area contributed by atoms with E-state index < -0.39 is 23.3 Å². The van der Waals surface area contributed by atoms with Gasteiger partial charge in [0.1, 0.15) is 5.54 Å². The van der Waals surface area contributed by atoms with Gasteiger partial charge in [0.05, 0.1) is 6.42 Å². The summed E-state index contributed by atoms with van der Waals surface area (Å²) in [5.74, 6) is -2.16. The van der Waals surface area contributed by atoms with Crippen LogP contribution in [0.2, 0.25) is 0 Å². The molecule has 19 heavy (non-hydrogen) atoms. The van der Waals surface area contributed by atoms with Crippen LogP contribution in [0.3, 0.4) is 0 Å². The zero-order chi connectivity index (χ0) is 14.2. The Bertz CT molecular complexity index is 566. The van der Waals surface area contributed by atoms with Crippen molar-refractivity contribution in [3.05, 3.63) is 35.4 Å². The zero-order valence-corrected chi connectivity index (χ0v) is 10.8. The van der Waals surface area contributed by atoms with Crippen LogP contribution in [0.5, 0.6) is 0 Å². The standard InChI is InChI=1S/C14H15NO4/c1-3-14(2,13(18)19)15-11(16)8-9-6-4-5-7-10(9)12(15)17/h4-7H,3,8H2,1-2H3,(H,18,19). The first kappa shape index (κ1) is 13.3. The predicted molar refractivity (Wildman–Crippen MR) is 67.7 cm³/mol. The highest BCUT2D eigenvalue weighted by Crippen LogP contribution is 2.28.